The van der Waals surface area contributed by atoms with Crippen molar-refractivity contribution in [2.45, 2.75) is 6.42 Å². The summed E-state index contributed by atoms with van der Waals surface area (Å²) < 4.78 is 0. The molecule has 1 aromatic rings. The SMILES string of the molecule is CN1CCC(CN(C)c2ncnc(N)c2[N+](=O)[O-])C1. The highest BCUT2D eigenvalue weighted by molar-refractivity contribution is 5.68. The van der Waals surface area contributed by atoms with Crippen LogP contribution in [0.1, 0.15) is 6.42 Å². The van der Waals surface area contributed by atoms with E-state index in [1.54, 1.807) is 11.9 Å². The summed E-state index contributed by atoms with van der Waals surface area (Å²) in [6.45, 7) is 2.78. The van der Waals surface area contributed by atoms with Crippen molar-refractivity contribution < 1.29 is 4.92 Å². The van der Waals surface area contributed by atoms with Gasteiger partial charge in [0.25, 0.3) is 0 Å². The molecule has 8 heteroatoms. The van der Waals surface area contributed by atoms with Gasteiger partial charge in [-0.25, -0.2) is 9.97 Å². The van der Waals surface area contributed by atoms with E-state index in [0.717, 1.165) is 26.1 Å². The van der Waals surface area contributed by atoms with E-state index >= 15 is 0 Å². The summed E-state index contributed by atoms with van der Waals surface area (Å²) in [7, 11) is 3.87. The van der Waals surface area contributed by atoms with Gasteiger partial charge in [0.1, 0.15) is 6.33 Å². The first kappa shape index (κ1) is 13.5. The molecule has 0 spiro atoms. The number of nitrogens with zero attached hydrogens (tertiary/aromatic N) is 5. The van der Waals surface area contributed by atoms with Crippen LogP contribution in [0, 0.1) is 16.0 Å². The van der Waals surface area contributed by atoms with Gasteiger partial charge >= 0.3 is 5.69 Å². The first-order valence-corrected chi connectivity index (χ1v) is 6.13. The molecule has 0 radical (unpaired) electrons. The molecule has 19 heavy (non-hydrogen) atoms. The molecule has 1 unspecified atom stereocenters. The van der Waals surface area contributed by atoms with Crippen LogP contribution in [0.2, 0.25) is 0 Å². The lowest BCUT2D eigenvalue weighted by atomic mass is 10.1. The van der Waals surface area contributed by atoms with Crippen molar-refractivity contribution in [1.29, 1.82) is 0 Å². The van der Waals surface area contributed by atoms with E-state index in [1.807, 2.05) is 0 Å². The smallest absolute Gasteiger partial charge is 0.353 e. The molecule has 0 aliphatic carbocycles. The van der Waals surface area contributed by atoms with E-state index in [4.69, 9.17) is 5.73 Å². The summed E-state index contributed by atoms with van der Waals surface area (Å²) in [6.07, 6.45) is 2.35. The van der Waals surface area contributed by atoms with E-state index in [-0.39, 0.29) is 17.3 Å². The molecule has 1 aliphatic rings. The molecule has 2 N–H and O–H groups in total. The van der Waals surface area contributed by atoms with Gasteiger partial charge in [0.15, 0.2) is 0 Å². The summed E-state index contributed by atoms with van der Waals surface area (Å²) in [5, 5.41) is 11.0. The number of nitro groups is 1. The fourth-order valence-electron chi connectivity index (χ4n) is 2.49. The fourth-order valence-corrected chi connectivity index (χ4v) is 2.49. The van der Waals surface area contributed by atoms with Crippen LogP contribution in [-0.2, 0) is 0 Å². The van der Waals surface area contributed by atoms with Crippen LogP contribution in [-0.4, -0.2) is 53.5 Å². The second kappa shape index (κ2) is 5.35. The first-order chi connectivity index (χ1) is 8.99. The maximum Gasteiger partial charge on any atom is 0.353 e. The minimum Gasteiger partial charge on any atom is -0.378 e. The Bertz CT molecular complexity index is 480. The van der Waals surface area contributed by atoms with Crippen molar-refractivity contribution in [3.05, 3.63) is 16.4 Å². The van der Waals surface area contributed by atoms with E-state index in [1.165, 1.54) is 6.33 Å². The molecule has 1 saturated heterocycles. The molecule has 1 fully saturated rings. The van der Waals surface area contributed by atoms with Crippen molar-refractivity contribution in [3.63, 3.8) is 0 Å². The molecule has 2 rings (SSSR count). The molecule has 2 heterocycles. The highest BCUT2D eigenvalue weighted by Gasteiger charge is 2.27. The van der Waals surface area contributed by atoms with Crippen LogP contribution in [0.15, 0.2) is 6.33 Å². The van der Waals surface area contributed by atoms with Gasteiger partial charge in [0, 0.05) is 20.1 Å². The molecule has 104 valence electrons. The third-order valence-corrected chi connectivity index (χ3v) is 3.40. The molecule has 1 atom stereocenters. The summed E-state index contributed by atoms with van der Waals surface area (Å²) >= 11 is 0. The summed E-state index contributed by atoms with van der Waals surface area (Å²) in [4.78, 5) is 22.2. The molecule has 0 amide bonds. The van der Waals surface area contributed by atoms with Crippen molar-refractivity contribution in [3.8, 4) is 0 Å². The molecule has 1 aromatic heterocycles. The number of likely N-dealkylation sites (tertiary alicyclic amines) is 1. The maximum absolute atomic E-state index is 11.0. The lowest BCUT2D eigenvalue weighted by molar-refractivity contribution is -0.383. The van der Waals surface area contributed by atoms with Gasteiger partial charge in [-0.05, 0) is 25.9 Å². The van der Waals surface area contributed by atoms with Crippen LogP contribution >= 0.6 is 0 Å². The van der Waals surface area contributed by atoms with Crippen molar-refractivity contribution >= 4 is 17.3 Å². The Hall–Kier alpha value is -1.96. The lowest BCUT2D eigenvalue weighted by Crippen LogP contribution is -2.28. The standard InChI is InChI=1S/C11H18N6O2/c1-15-4-3-8(5-15)6-16(2)11-9(17(18)19)10(12)13-7-14-11/h7-8H,3-6H2,1-2H3,(H2,12,13,14). The first-order valence-electron chi connectivity index (χ1n) is 6.13. The minimum absolute atomic E-state index is 0.0922. The summed E-state index contributed by atoms with van der Waals surface area (Å²) in [5.41, 5.74) is 5.35. The minimum atomic E-state index is -0.526. The summed E-state index contributed by atoms with van der Waals surface area (Å²) in [5.74, 6) is 0.684. The fraction of sp³-hybridized carbons (Fsp3) is 0.636. The Morgan fingerprint density at radius 3 is 2.95 bits per heavy atom. The monoisotopic (exact) mass is 266 g/mol. The van der Waals surface area contributed by atoms with Crippen molar-refractivity contribution in [2.24, 2.45) is 5.92 Å². The molecule has 0 bridgehead atoms. The summed E-state index contributed by atoms with van der Waals surface area (Å²) in [6, 6.07) is 0. The molecule has 0 saturated carbocycles. The lowest BCUT2D eigenvalue weighted by Gasteiger charge is -2.21. The maximum atomic E-state index is 11.0. The van der Waals surface area contributed by atoms with Gasteiger partial charge in [-0.15, -0.1) is 0 Å². The Balaban J connectivity index is 2.17. The average molecular weight is 266 g/mol. The molecule has 8 nitrogen and oxygen atoms in total. The number of hydrogen-bond acceptors (Lipinski definition) is 7. The van der Waals surface area contributed by atoms with Gasteiger partial charge in [-0.3, -0.25) is 10.1 Å². The predicted octanol–water partition coefficient (Wildman–Crippen LogP) is 0.355. The molecule has 1 aliphatic heterocycles. The number of aromatic nitrogens is 2. The van der Waals surface area contributed by atoms with Crippen LogP contribution in [0.3, 0.4) is 0 Å². The third kappa shape index (κ3) is 2.90. The average Bonchev–Trinajstić information content (AvgIpc) is 2.73. The van der Waals surface area contributed by atoms with E-state index in [2.05, 4.69) is 21.9 Å². The molecule has 0 aromatic carbocycles. The van der Waals surface area contributed by atoms with Gasteiger partial charge in [-0.2, -0.15) is 0 Å². The zero-order chi connectivity index (χ0) is 14.0. The van der Waals surface area contributed by atoms with Gasteiger partial charge < -0.3 is 15.5 Å². The predicted molar refractivity (Wildman–Crippen MR) is 72.0 cm³/mol. The molecular weight excluding hydrogens is 248 g/mol. The Morgan fingerprint density at radius 2 is 2.37 bits per heavy atom. The normalized spacial score (nSPS) is 19.6. The number of anilines is 2. The number of nitrogen functional groups attached to an aromatic ring is 1. The van der Waals surface area contributed by atoms with Gasteiger partial charge in [-0.1, -0.05) is 0 Å². The van der Waals surface area contributed by atoms with Crippen LogP contribution < -0.4 is 10.6 Å². The van der Waals surface area contributed by atoms with E-state index in [0.29, 0.717) is 5.92 Å². The zero-order valence-electron chi connectivity index (χ0n) is 11.1. The van der Waals surface area contributed by atoms with Crippen molar-refractivity contribution in [2.75, 3.05) is 44.4 Å². The van der Waals surface area contributed by atoms with Crippen LogP contribution in [0.4, 0.5) is 17.3 Å². The quantitative estimate of drug-likeness (QED) is 0.620. The Morgan fingerprint density at radius 1 is 1.63 bits per heavy atom. The second-order valence-electron chi connectivity index (χ2n) is 4.99. The van der Waals surface area contributed by atoms with Crippen molar-refractivity contribution in [1.82, 2.24) is 14.9 Å². The highest BCUT2D eigenvalue weighted by Crippen LogP contribution is 2.30. The number of hydrogen-bond donors (Lipinski definition) is 1. The Kier molecular flexibility index (Phi) is 3.79. The third-order valence-electron chi connectivity index (χ3n) is 3.40. The van der Waals surface area contributed by atoms with Crippen LogP contribution in [0.5, 0.6) is 0 Å². The molecular formula is C11H18N6O2. The second-order valence-corrected chi connectivity index (χ2v) is 4.99. The zero-order valence-corrected chi connectivity index (χ0v) is 11.1. The largest absolute Gasteiger partial charge is 0.378 e. The van der Waals surface area contributed by atoms with Crippen LogP contribution in [0.25, 0.3) is 0 Å². The number of rotatable bonds is 4. The van der Waals surface area contributed by atoms with Gasteiger partial charge in [0.2, 0.25) is 11.6 Å². The number of nitrogens with two attached hydrogens (primary N) is 1. The Labute approximate surface area is 111 Å². The topological polar surface area (TPSA) is 101 Å². The highest BCUT2D eigenvalue weighted by atomic mass is 16.6. The van der Waals surface area contributed by atoms with E-state index in [9.17, 15) is 10.1 Å². The van der Waals surface area contributed by atoms with E-state index < -0.39 is 4.92 Å². The van der Waals surface area contributed by atoms with Gasteiger partial charge in [0.05, 0.1) is 4.92 Å².